The predicted octanol–water partition coefficient (Wildman–Crippen LogP) is 3.95. The van der Waals surface area contributed by atoms with Gasteiger partial charge in [-0.05, 0) is 39.5 Å². The van der Waals surface area contributed by atoms with Crippen LogP contribution in [0.1, 0.15) is 44.1 Å². The SMILES string of the molecule is CCNC(=NCc1ncc(-c2ccc(C)cc2)o1)NC1CCN(C2CC2)CC1.I. The number of nitrogens with one attached hydrogen (secondary N) is 2. The van der Waals surface area contributed by atoms with Gasteiger partial charge in [0, 0.05) is 37.3 Å². The van der Waals surface area contributed by atoms with Crippen LogP contribution in [0, 0.1) is 6.92 Å². The number of hydrogen-bond donors (Lipinski definition) is 2. The second-order valence-electron chi connectivity index (χ2n) is 7.87. The van der Waals surface area contributed by atoms with Crippen molar-refractivity contribution in [1.29, 1.82) is 0 Å². The van der Waals surface area contributed by atoms with E-state index in [9.17, 15) is 0 Å². The highest BCUT2D eigenvalue weighted by Crippen LogP contribution is 2.29. The maximum absolute atomic E-state index is 5.90. The lowest BCUT2D eigenvalue weighted by Crippen LogP contribution is -2.49. The molecule has 2 aromatic rings. The van der Waals surface area contributed by atoms with E-state index in [4.69, 9.17) is 4.42 Å². The topological polar surface area (TPSA) is 65.7 Å². The lowest BCUT2D eigenvalue weighted by Gasteiger charge is -2.33. The van der Waals surface area contributed by atoms with Gasteiger partial charge in [0.25, 0.3) is 0 Å². The summed E-state index contributed by atoms with van der Waals surface area (Å²) in [4.78, 5) is 11.7. The van der Waals surface area contributed by atoms with Crippen LogP contribution in [0.2, 0.25) is 0 Å². The molecule has 1 aromatic heterocycles. The molecule has 2 aliphatic rings. The number of likely N-dealkylation sites (tertiary alicyclic amines) is 1. The van der Waals surface area contributed by atoms with Crippen molar-refractivity contribution in [1.82, 2.24) is 20.5 Å². The van der Waals surface area contributed by atoms with Crippen molar-refractivity contribution in [3.8, 4) is 11.3 Å². The van der Waals surface area contributed by atoms with E-state index in [0.29, 0.717) is 18.5 Å². The number of rotatable bonds is 6. The van der Waals surface area contributed by atoms with Crippen LogP contribution in [0.25, 0.3) is 11.3 Å². The smallest absolute Gasteiger partial charge is 0.216 e. The minimum atomic E-state index is 0. The fourth-order valence-electron chi connectivity index (χ4n) is 3.74. The maximum Gasteiger partial charge on any atom is 0.216 e. The molecule has 0 bridgehead atoms. The van der Waals surface area contributed by atoms with Gasteiger partial charge in [0.05, 0.1) is 6.20 Å². The molecular formula is C22H32IN5O. The van der Waals surface area contributed by atoms with Crippen LogP contribution >= 0.6 is 24.0 Å². The number of nitrogens with zero attached hydrogens (tertiary/aromatic N) is 3. The first kappa shape index (κ1) is 22.1. The summed E-state index contributed by atoms with van der Waals surface area (Å²) >= 11 is 0. The summed E-state index contributed by atoms with van der Waals surface area (Å²) in [6.45, 7) is 7.83. The molecule has 6 nitrogen and oxygen atoms in total. The summed E-state index contributed by atoms with van der Waals surface area (Å²) in [6, 6.07) is 9.64. The number of aliphatic imine (C=N–C) groups is 1. The van der Waals surface area contributed by atoms with Crippen LogP contribution in [-0.2, 0) is 6.54 Å². The van der Waals surface area contributed by atoms with Crippen molar-refractivity contribution in [3.05, 3.63) is 41.9 Å². The van der Waals surface area contributed by atoms with Crippen LogP contribution < -0.4 is 10.6 Å². The van der Waals surface area contributed by atoms with Gasteiger partial charge >= 0.3 is 0 Å². The van der Waals surface area contributed by atoms with Crippen molar-refractivity contribution >= 4 is 29.9 Å². The Morgan fingerprint density at radius 1 is 1.17 bits per heavy atom. The Morgan fingerprint density at radius 2 is 1.90 bits per heavy atom. The molecule has 0 atom stereocenters. The molecule has 158 valence electrons. The number of aryl methyl sites for hydroxylation is 1. The van der Waals surface area contributed by atoms with Gasteiger partial charge in [0.2, 0.25) is 5.89 Å². The zero-order valence-electron chi connectivity index (χ0n) is 17.4. The average molecular weight is 509 g/mol. The fourth-order valence-corrected chi connectivity index (χ4v) is 3.74. The third kappa shape index (κ3) is 6.18. The minimum Gasteiger partial charge on any atom is -0.439 e. The molecule has 4 rings (SSSR count). The Labute approximate surface area is 190 Å². The van der Waals surface area contributed by atoms with Gasteiger partial charge < -0.3 is 20.0 Å². The zero-order chi connectivity index (χ0) is 19.3. The molecule has 2 N–H and O–H groups in total. The van der Waals surface area contributed by atoms with Crippen molar-refractivity contribution < 1.29 is 4.42 Å². The van der Waals surface area contributed by atoms with E-state index in [1.54, 1.807) is 6.20 Å². The highest BCUT2D eigenvalue weighted by atomic mass is 127. The maximum atomic E-state index is 5.90. The summed E-state index contributed by atoms with van der Waals surface area (Å²) < 4.78 is 5.90. The predicted molar refractivity (Wildman–Crippen MR) is 128 cm³/mol. The number of halogens is 1. The Kier molecular flexibility index (Phi) is 7.94. The molecule has 1 aliphatic heterocycles. The molecule has 0 amide bonds. The van der Waals surface area contributed by atoms with E-state index in [0.717, 1.165) is 29.9 Å². The van der Waals surface area contributed by atoms with Gasteiger partial charge in [-0.2, -0.15) is 0 Å². The fraction of sp³-hybridized carbons (Fsp3) is 0.545. The first-order valence-corrected chi connectivity index (χ1v) is 10.5. The highest BCUT2D eigenvalue weighted by Gasteiger charge is 2.31. The molecule has 0 unspecified atom stereocenters. The van der Waals surface area contributed by atoms with E-state index < -0.39 is 0 Å². The first-order valence-electron chi connectivity index (χ1n) is 10.5. The van der Waals surface area contributed by atoms with Crippen molar-refractivity contribution in [2.24, 2.45) is 4.99 Å². The zero-order valence-corrected chi connectivity index (χ0v) is 19.7. The Balaban J connectivity index is 0.00000240. The van der Waals surface area contributed by atoms with Gasteiger partial charge in [-0.3, -0.25) is 0 Å². The number of piperidine rings is 1. The lowest BCUT2D eigenvalue weighted by molar-refractivity contribution is 0.197. The quantitative estimate of drug-likeness (QED) is 0.351. The third-order valence-corrected chi connectivity index (χ3v) is 5.54. The minimum absolute atomic E-state index is 0. The average Bonchev–Trinajstić information content (AvgIpc) is 3.45. The lowest BCUT2D eigenvalue weighted by atomic mass is 10.1. The molecule has 7 heteroatoms. The van der Waals surface area contributed by atoms with E-state index in [2.05, 4.69) is 63.6 Å². The van der Waals surface area contributed by atoms with Crippen molar-refractivity contribution in [2.45, 2.75) is 58.2 Å². The van der Waals surface area contributed by atoms with Gasteiger partial charge in [0.1, 0.15) is 6.54 Å². The van der Waals surface area contributed by atoms with Crippen LogP contribution in [-0.4, -0.2) is 47.6 Å². The van der Waals surface area contributed by atoms with Crippen LogP contribution in [0.15, 0.2) is 39.9 Å². The number of aromatic nitrogens is 1. The molecule has 1 saturated carbocycles. The summed E-state index contributed by atoms with van der Waals surface area (Å²) in [5.74, 6) is 2.27. The van der Waals surface area contributed by atoms with Crippen molar-refractivity contribution in [3.63, 3.8) is 0 Å². The summed E-state index contributed by atoms with van der Waals surface area (Å²) in [7, 11) is 0. The summed E-state index contributed by atoms with van der Waals surface area (Å²) in [5.41, 5.74) is 2.28. The van der Waals surface area contributed by atoms with E-state index in [1.165, 1.54) is 44.3 Å². The largest absolute Gasteiger partial charge is 0.439 e. The van der Waals surface area contributed by atoms with E-state index >= 15 is 0 Å². The second kappa shape index (κ2) is 10.4. The first-order chi connectivity index (χ1) is 13.7. The van der Waals surface area contributed by atoms with Crippen LogP contribution in [0.4, 0.5) is 0 Å². The van der Waals surface area contributed by atoms with Crippen LogP contribution in [0.3, 0.4) is 0 Å². The molecule has 1 saturated heterocycles. The normalized spacial score (nSPS) is 18.3. The second-order valence-corrected chi connectivity index (χ2v) is 7.87. The molecular weight excluding hydrogens is 477 g/mol. The molecule has 1 aliphatic carbocycles. The monoisotopic (exact) mass is 509 g/mol. The van der Waals surface area contributed by atoms with Gasteiger partial charge in [-0.1, -0.05) is 29.8 Å². The van der Waals surface area contributed by atoms with Gasteiger partial charge in [-0.25, -0.2) is 9.98 Å². The highest BCUT2D eigenvalue weighted by molar-refractivity contribution is 14.0. The van der Waals surface area contributed by atoms with Crippen LogP contribution in [0.5, 0.6) is 0 Å². The molecule has 29 heavy (non-hydrogen) atoms. The third-order valence-electron chi connectivity index (χ3n) is 5.54. The summed E-state index contributed by atoms with van der Waals surface area (Å²) in [6.07, 6.45) is 6.92. The molecule has 2 fully saturated rings. The number of benzene rings is 1. The molecule has 1 aromatic carbocycles. The van der Waals surface area contributed by atoms with Gasteiger partial charge in [0.15, 0.2) is 11.7 Å². The Hall–Kier alpha value is -1.61. The van der Waals surface area contributed by atoms with E-state index in [1.807, 2.05) is 0 Å². The Morgan fingerprint density at radius 3 is 2.55 bits per heavy atom. The number of oxazole rings is 1. The Bertz CT molecular complexity index is 792. The molecule has 0 radical (unpaired) electrons. The summed E-state index contributed by atoms with van der Waals surface area (Å²) in [5, 5.41) is 6.94. The number of guanidine groups is 1. The van der Waals surface area contributed by atoms with Gasteiger partial charge in [-0.15, -0.1) is 24.0 Å². The number of hydrogen-bond acceptors (Lipinski definition) is 4. The van der Waals surface area contributed by atoms with E-state index in [-0.39, 0.29) is 24.0 Å². The molecule has 0 spiro atoms. The molecule has 2 heterocycles. The standard InChI is InChI=1S/C22H31N5O.HI/c1-3-23-22(26-18-10-12-27(13-11-18)19-8-9-19)25-15-21-24-14-20(28-21)17-6-4-16(2)5-7-17;/h4-7,14,18-19H,3,8-13,15H2,1-2H3,(H2,23,25,26);1H. The van der Waals surface area contributed by atoms with Crippen molar-refractivity contribution in [2.75, 3.05) is 19.6 Å².